The predicted octanol–water partition coefficient (Wildman–Crippen LogP) is 6.63. The van der Waals surface area contributed by atoms with Crippen LogP contribution in [0.15, 0.2) is 12.1 Å². The first kappa shape index (κ1) is 27.2. The lowest BCUT2D eigenvalue weighted by Gasteiger charge is -2.36. The molecule has 0 fully saturated rings. The monoisotopic (exact) mass is 433 g/mol. The minimum atomic E-state index is -0.356. The molecule has 0 radical (unpaired) electrons. The number of ether oxygens (including phenoxy) is 1. The Morgan fingerprint density at radius 3 is 1.81 bits per heavy atom. The van der Waals surface area contributed by atoms with Gasteiger partial charge in [0.1, 0.15) is 0 Å². The van der Waals surface area contributed by atoms with E-state index < -0.39 is 0 Å². The third-order valence-corrected chi connectivity index (χ3v) is 5.72. The van der Waals surface area contributed by atoms with Gasteiger partial charge >= 0.3 is 11.9 Å². The minimum Gasteiger partial charge on any atom is -0.466 e. The van der Waals surface area contributed by atoms with Crippen LogP contribution in [0.25, 0.3) is 0 Å². The Morgan fingerprint density at radius 1 is 0.903 bits per heavy atom. The first-order valence-corrected chi connectivity index (χ1v) is 11.7. The Bertz CT molecular complexity index is 710. The number of hydrogen-bond donors (Lipinski definition) is 0. The molecule has 0 spiro atoms. The molecule has 0 aromatic heterocycles. The van der Waals surface area contributed by atoms with Gasteiger partial charge in [0.25, 0.3) is 0 Å². The molecule has 0 saturated heterocycles. The zero-order chi connectivity index (χ0) is 23.9. The Morgan fingerprint density at radius 2 is 1.42 bits per heavy atom. The molecule has 0 saturated carbocycles. The third-order valence-electron chi connectivity index (χ3n) is 5.72. The van der Waals surface area contributed by atoms with E-state index in [1.807, 2.05) is 6.92 Å². The van der Waals surface area contributed by atoms with Crippen molar-refractivity contribution in [2.75, 3.05) is 6.61 Å². The van der Waals surface area contributed by atoms with Crippen molar-refractivity contribution in [2.45, 2.75) is 112 Å². The molecule has 0 N–H and O–H groups in total. The highest BCUT2D eigenvalue weighted by Gasteiger charge is 2.30. The first-order valence-electron chi connectivity index (χ1n) is 11.7. The molecule has 5 nitrogen and oxygen atoms in total. The lowest BCUT2D eigenvalue weighted by Crippen LogP contribution is -2.38. The van der Waals surface area contributed by atoms with E-state index in [0.717, 1.165) is 0 Å². The van der Waals surface area contributed by atoms with Crippen LogP contribution < -0.4 is 0 Å². The summed E-state index contributed by atoms with van der Waals surface area (Å²) in [6.45, 7) is 20.9. The van der Waals surface area contributed by atoms with Crippen LogP contribution in [-0.4, -0.2) is 29.7 Å². The summed E-state index contributed by atoms with van der Waals surface area (Å²) in [7, 11) is 0. The molecule has 31 heavy (non-hydrogen) atoms. The molecule has 0 heterocycles. The normalized spacial score (nSPS) is 13.7. The average molecular weight is 434 g/mol. The SMILES string of the molecule is CCOC(=O)CC[C@@H](C)N(OC(C)=O)[C@H](C)c1c(C(C)C)cc(C(C)C)cc1C(C)C. The molecule has 0 aliphatic rings. The molecule has 1 aromatic rings. The number of nitrogens with zero attached hydrogens (tertiary/aromatic N) is 1. The van der Waals surface area contributed by atoms with Gasteiger partial charge in [0.15, 0.2) is 0 Å². The van der Waals surface area contributed by atoms with E-state index in [1.54, 1.807) is 12.0 Å². The second-order valence-electron chi connectivity index (χ2n) is 9.39. The summed E-state index contributed by atoms with van der Waals surface area (Å²) < 4.78 is 5.07. The third kappa shape index (κ3) is 7.64. The fourth-order valence-corrected chi connectivity index (χ4v) is 4.01. The number of hydroxylamine groups is 2. The van der Waals surface area contributed by atoms with E-state index in [-0.39, 0.29) is 24.0 Å². The van der Waals surface area contributed by atoms with Crippen LogP contribution in [0.4, 0.5) is 0 Å². The van der Waals surface area contributed by atoms with Gasteiger partial charge in [0, 0.05) is 19.4 Å². The molecule has 0 amide bonds. The molecule has 2 atom stereocenters. The number of hydrogen-bond acceptors (Lipinski definition) is 5. The van der Waals surface area contributed by atoms with E-state index >= 15 is 0 Å². The largest absolute Gasteiger partial charge is 0.466 e. The molecule has 5 heteroatoms. The standard InChI is InChI=1S/C26H43NO4/c1-11-30-25(29)13-12-19(8)27(31-21(10)28)20(9)26-23(17(4)5)14-22(16(2)3)15-24(26)18(6)7/h14-20H,11-13H2,1-10H3/t19-,20-/m1/s1. The van der Waals surface area contributed by atoms with Gasteiger partial charge in [-0.25, -0.2) is 0 Å². The number of carbonyl (C=O) groups is 2. The highest BCUT2D eigenvalue weighted by atomic mass is 16.7. The van der Waals surface area contributed by atoms with Crippen LogP contribution in [-0.2, 0) is 19.2 Å². The van der Waals surface area contributed by atoms with Crippen molar-refractivity contribution in [3.8, 4) is 0 Å². The summed E-state index contributed by atoms with van der Waals surface area (Å²) in [4.78, 5) is 29.5. The lowest BCUT2D eigenvalue weighted by molar-refractivity contribution is -0.212. The van der Waals surface area contributed by atoms with Crippen LogP contribution >= 0.6 is 0 Å². The number of esters is 1. The quantitative estimate of drug-likeness (QED) is 0.289. The van der Waals surface area contributed by atoms with Crippen molar-refractivity contribution in [2.24, 2.45) is 0 Å². The summed E-state index contributed by atoms with van der Waals surface area (Å²) in [6, 6.07) is 4.34. The van der Waals surface area contributed by atoms with E-state index in [0.29, 0.717) is 37.2 Å². The van der Waals surface area contributed by atoms with Crippen molar-refractivity contribution < 1.29 is 19.2 Å². The highest BCUT2D eigenvalue weighted by molar-refractivity contribution is 5.69. The maximum absolute atomic E-state index is 12.0. The van der Waals surface area contributed by atoms with Crippen molar-refractivity contribution >= 4 is 11.9 Å². The van der Waals surface area contributed by atoms with Gasteiger partial charge in [0.2, 0.25) is 0 Å². The van der Waals surface area contributed by atoms with E-state index in [1.165, 1.54) is 29.2 Å². The molecule has 1 rings (SSSR count). The van der Waals surface area contributed by atoms with Crippen LogP contribution in [0.1, 0.15) is 128 Å². The van der Waals surface area contributed by atoms with Gasteiger partial charge < -0.3 is 9.57 Å². The number of rotatable bonds is 11. The van der Waals surface area contributed by atoms with Crippen molar-refractivity contribution in [1.29, 1.82) is 0 Å². The maximum Gasteiger partial charge on any atom is 0.322 e. The Kier molecular flexibility index (Phi) is 10.7. The van der Waals surface area contributed by atoms with Crippen LogP contribution in [0, 0.1) is 0 Å². The topological polar surface area (TPSA) is 55.8 Å². The second kappa shape index (κ2) is 12.2. The van der Waals surface area contributed by atoms with Gasteiger partial charge in [-0.2, -0.15) is 0 Å². The van der Waals surface area contributed by atoms with Gasteiger partial charge in [0.05, 0.1) is 12.6 Å². The Balaban J connectivity index is 3.45. The zero-order valence-electron chi connectivity index (χ0n) is 21.2. The fraction of sp³-hybridized carbons (Fsp3) is 0.692. The number of carbonyl (C=O) groups excluding carboxylic acids is 2. The van der Waals surface area contributed by atoms with E-state index in [4.69, 9.17) is 9.57 Å². The second-order valence-corrected chi connectivity index (χ2v) is 9.39. The summed E-state index contributed by atoms with van der Waals surface area (Å²) in [5.41, 5.74) is 5.13. The maximum atomic E-state index is 12.0. The minimum absolute atomic E-state index is 0.131. The van der Waals surface area contributed by atoms with Gasteiger partial charge in [-0.1, -0.05) is 53.7 Å². The molecule has 176 valence electrons. The molecule has 1 aromatic carbocycles. The van der Waals surface area contributed by atoms with Gasteiger partial charge in [-0.15, -0.1) is 5.06 Å². The van der Waals surface area contributed by atoms with E-state index in [9.17, 15) is 9.59 Å². The van der Waals surface area contributed by atoms with Crippen molar-refractivity contribution in [1.82, 2.24) is 5.06 Å². The zero-order valence-corrected chi connectivity index (χ0v) is 21.2. The summed E-state index contributed by atoms with van der Waals surface area (Å²) in [6.07, 6.45) is 0.842. The van der Waals surface area contributed by atoms with Crippen LogP contribution in [0.2, 0.25) is 0 Å². The molecule has 0 aliphatic heterocycles. The fourth-order valence-electron chi connectivity index (χ4n) is 4.01. The summed E-state index contributed by atoms with van der Waals surface area (Å²) >= 11 is 0. The average Bonchev–Trinajstić information content (AvgIpc) is 2.68. The number of benzene rings is 1. The highest BCUT2D eigenvalue weighted by Crippen LogP contribution is 2.38. The molecular formula is C26H43NO4. The van der Waals surface area contributed by atoms with Gasteiger partial charge in [-0.05, 0) is 67.2 Å². The first-order chi connectivity index (χ1) is 14.4. The molecule has 0 unspecified atom stereocenters. The smallest absolute Gasteiger partial charge is 0.322 e. The van der Waals surface area contributed by atoms with Crippen molar-refractivity contribution in [3.05, 3.63) is 34.4 Å². The van der Waals surface area contributed by atoms with Crippen LogP contribution in [0.5, 0.6) is 0 Å². The Hall–Kier alpha value is -1.88. The lowest BCUT2D eigenvalue weighted by atomic mass is 9.81. The summed E-state index contributed by atoms with van der Waals surface area (Å²) in [5.74, 6) is 0.528. The van der Waals surface area contributed by atoms with E-state index in [2.05, 4.69) is 60.6 Å². The van der Waals surface area contributed by atoms with Gasteiger partial charge in [-0.3, -0.25) is 9.59 Å². The molecular weight excluding hydrogens is 390 g/mol. The van der Waals surface area contributed by atoms with Crippen molar-refractivity contribution in [3.63, 3.8) is 0 Å². The predicted molar refractivity (Wildman–Crippen MR) is 126 cm³/mol. The Labute approximate surface area is 189 Å². The summed E-state index contributed by atoms with van der Waals surface area (Å²) in [5, 5.41) is 1.77. The van der Waals surface area contributed by atoms with Crippen LogP contribution in [0.3, 0.4) is 0 Å². The molecule has 0 bridgehead atoms. The molecule has 0 aliphatic carbocycles.